The fourth-order valence-electron chi connectivity index (χ4n) is 2.06. The minimum absolute atomic E-state index is 0.225. The van der Waals surface area contributed by atoms with Gasteiger partial charge in [-0.05, 0) is 46.1 Å². The van der Waals surface area contributed by atoms with Crippen molar-refractivity contribution >= 4 is 35.2 Å². The molecule has 0 N–H and O–H groups in total. The van der Waals surface area contributed by atoms with Gasteiger partial charge in [0.25, 0.3) is 0 Å². The highest BCUT2D eigenvalue weighted by atomic mass is 79.9. The third kappa shape index (κ3) is 4.61. The quantitative estimate of drug-likeness (QED) is 0.440. The van der Waals surface area contributed by atoms with Crippen molar-refractivity contribution in [2.45, 2.75) is 33.3 Å². The van der Waals surface area contributed by atoms with Crippen molar-refractivity contribution in [3.63, 3.8) is 0 Å². The molecular weight excluding hydrogens is 355 g/mol. The Labute approximate surface area is 146 Å². The van der Waals surface area contributed by atoms with Gasteiger partial charge in [-0.3, -0.25) is 4.79 Å². The summed E-state index contributed by atoms with van der Waals surface area (Å²) in [6.45, 7) is 4.07. The van der Waals surface area contributed by atoms with Crippen LogP contribution >= 0.6 is 15.9 Å². The number of carbonyl (C=O) groups excluding carboxylic acids is 1. The maximum absolute atomic E-state index is 11.5. The van der Waals surface area contributed by atoms with Crippen LogP contribution in [0.2, 0.25) is 0 Å². The van der Waals surface area contributed by atoms with Gasteiger partial charge < -0.3 is 9.47 Å². The minimum atomic E-state index is -0.301. The van der Waals surface area contributed by atoms with Crippen molar-refractivity contribution in [3.8, 4) is 11.5 Å². The number of rotatable bonds is 6. The third-order valence-corrected chi connectivity index (χ3v) is 4.08. The number of halogens is 1. The summed E-state index contributed by atoms with van der Waals surface area (Å²) in [5.74, 6) is 0.863. The molecular formula is C18H18BBrO3. The van der Waals surface area contributed by atoms with E-state index in [1.54, 1.807) is 25.1 Å². The zero-order valence-corrected chi connectivity index (χ0v) is 14.9. The van der Waals surface area contributed by atoms with Gasteiger partial charge in [0.2, 0.25) is 0 Å². The zero-order valence-electron chi connectivity index (χ0n) is 13.3. The molecule has 2 aromatic carbocycles. The van der Waals surface area contributed by atoms with Gasteiger partial charge in [0.05, 0.1) is 4.47 Å². The highest BCUT2D eigenvalue weighted by Crippen LogP contribution is 2.28. The fourth-order valence-corrected chi connectivity index (χ4v) is 2.60. The lowest BCUT2D eigenvalue weighted by molar-refractivity contribution is -0.134. The molecule has 0 amide bonds. The molecule has 0 saturated carbocycles. The lowest BCUT2D eigenvalue weighted by atomic mass is 9.90. The Bertz CT molecular complexity index is 701. The Balaban J connectivity index is 2.18. The predicted molar refractivity (Wildman–Crippen MR) is 95.6 cm³/mol. The standard InChI is InChI=1S/C18H18BBrO3/c1-3-12-8-9-17(15(20)10-12)22-11-13-14(19)6-5-7-16(13)23-18(21)4-2/h5-10H,3-4,11H2,1-2H3. The second-order valence-corrected chi connectivity index (χ2v) is 5.91. The van der Waals surface area contributed by atoms with E-state index in [0.29, 0.717) is 23.2 Å². The summed E-state index contributed by atoms with van der Waals surface area (Å²) in [5, 5.41) is 0. The molecule has 2 aromatic rings. The molecule has 0 aromatic heterocycles. The van der Waals surface area contributed by atoms with Crippen molar-refractivity contribution < 1.29 is 14.3 Å². The summed E-state index contributed by atoms with van der Waals surface area (Å²) in [5.41, 5.74) is 2.43. The second kappa shape index (κ2) is 8.20. The molecule has 0 unspecified atom stereocenters. The molecule has 0 heterocycles. The highest BCUT2D eigenvalue weighted by molar-refractivity contribution is 9.10. The molecule has 3 nitrogen and oxygen atoms in total. The molecule has 2 rings (SSSR count). The average Bonchev–Trinajstić information content (AvgIpc) is 2.55. The van der Waals surface area contributed by atoms with Gasteiger partial charge in [0.15, 0.2) is 0 Å². The van der Waals surface area contributed by atoms with Crippen molar-refractivity contribution in [3.05, 3.63) is 52.0 Å². The molecule has 118 valence electrons. The van der Waals surface area contributed by atoms with Crippen LogP contribution in [0.1, 0.15) is 31.4 Å². The molecule has 2 radical (unpaired) electrons. The van der Waals surface area contributed by atoms with Gasteiger partial charge in [-0.25, -0.2) is 0 Å². The van der Waals surface area contributed by atoms with E-state index in [2.05, 4.69) is 22.9 Å². The van der Waals surface area contributed by atoms with Gasteiger partial charge in [0.1, 0.15) is 26.0 Å². The first-order valence-corrected chi connectivity index (χ1v) is 8.33. The minimum Gasteiger partial charge on any atom is -0.488 e. The Morgan fingerprint density at radius 3 is 2.61 bits per heavy atom. The molecule has 0 aliphatic heterocycles. The van der Waals surface area contributed by atoms with E-state index in [1.807, 2.05) is 18.2 Å². The maximum atomic E-state index is 11.5. The maximum Gasteiger partial charge on any atom is 0.310 e. The first kappa shape index (κ1) is 17.6. The van der Waals surface area contributed by atoms with E-state index in [-0.39, 0.29) is 12.6 Å². The van der Waals surface area contributed by atoms with Gasteiger partial charge in [0, 0.05) is 12.0 Å². The number of hydrogen-bond acceptors (Lipinski definition) is 3. The first-order valence-electron chi connectivity index (χ1n) is 7.54. The van der Waals surface area contributed by atoms with Crippen molar-refractivity contribution in [1.29, 1.82) is 0 Å². The van der Waals surface area contributed by atoms with Crippen molar-refractivity contribution in [1.82, 2.24) is 0 Å². The summed E-state index contributed by atoms with van der Waals surface area (Å²) in [4.78, 5) is 11.5. The van der Waals surface area contributed by atoms with Crippen LogP contribution in [0.25, 0.3) is 0 Å². The summed E-state index contributed by atoms with van der Waals surface area (Å²) in [7, 11) is 6.00. The van der Waals surface area contributed by atoms with Crippen LogP contribution < -0.4 is 14.9 Å². The monoisotopic (exact) mass is 372 g/mol. The smallest absolute Gasteiger partial charge is 0.310 e. The number of esters is 1. The van der Waals surface area contributed by atoms with E-state index in [0.717, 1.165) is 16.6 Å². The lowest BCUT2D eigenvalue weighted by Gasteiger charge is -2.15. The molecule has 0 atom stereocenters. The van der Waals surface area contributed by atoms with Gasteiger partial charge >= 0.3 is 5.97 Å². The Morgan fingerprint density at radius 1 is 1.17 bits per heavy atom. The van der Waals surface area contributed by atoms with Gasteiger partial charge in [-0.1, -0.05) is 37.5 Å². The molecule has 0 saturated heterocycles. The van der Waals surface area contributed by atoms with Gasteiger partial charge in [-0.2, -0.15) is 0 Å². The summed E-state index contributed by atoms with van der Waals surface area (Å²) >= 11 is 3.51. The summed E-state index contributed by atoms with van der Waals surface area (Å²) < 4.78 is 12.0. The third-order valence-electron chi connectivity index (χ3n) is 3.46. The Morgan fingerprint density at radius 2 is 1.96 bits per heavy atom. The van der Waals surface area contributed by atoms with Gasteiger partial charge in [-0.15, -0.1) is 0 Å². The summed E-state index contributed by atoms with van der Waals surface area (Å²) in [6, 6.07) is 11.2. The van der Waals surface area contributed by atoms with Crippen LogP contribution in [0.4, 0.5) is 0 Å². The van der Waals surface area contributed by atoms with Crippen LogP contribution in [0, 0.1) is 0 Å². The number of carbonyl (C=O) groups is 1. The Kier molecular flexibility index (Phi) is 6.28. The molecule has 5 heteroatoms. The average molecular weight is 373 g/mol. The topological polar surface area (TPSA) is 35.5 Å². The van der Waals surface area contributed by atoms with E-state index in [1.165, 1.54) is 5.56 Å². The lowest BCUT2D eigenvalue weighted by Crippen LogP contribution is -2.17. The molecule has 0 aliphatic carbocycles. The normalized spacial score (nSPS) is 10.4. The van der Waals surface area contributed by atoms with Crippen LogP contribution in [0.3, 0.4) is 0 Å². The zero-order chi connectivity index (χ0) is 16.8. The van der Waals surface area contributed by atoms with Crippen LogP contribution in [0.15, 0.2) is 40.9 Å². The largest absolute Gasteiger partial charge is 0.488 e. The number of benzene rings is 2. The Hall–Kier alpha value is -1.75. The summed E-state index contributed by atoms with van der Waals surface area (Å²) in [6.07, 6.45) is 1.26. The molecule has 0 fully saturated rings. The van der Waals surface area contributed by atoms with Crippen LogP contribution in [0.5, 0.6) is 11.5 Å². The first-order chi connectivity index (χ1) is 11.0. The number of ether oxygens (including phenoxy) is 2. The molecule has 0 aliphatic rings. The second-order valence-electron chi connectivity index (χ2n) is 5.06. The van der Waals surface area contributed by atoms with E-state index in [9.17, 15) is 4.79 Å². The van der Waals surface area contributed by atoms with E-state index >= 15 is 0 Å². The predicted octanol–water partition coefficient (Wildman–Crippen LogP) is 3.70. The SMILES string of the molecule is [B]c1cccc(OC(=O)CC)c1COc1ccc(CC)cc1Br. The van der Waals surface area contributed by atoms with Crippen molar-refractivity contribution in [2.75, 3.05) is 0 Å². The molecule has 23 heavy (non-hydrogen) atoms. The fraction of sp³-hybridized carbons (Fsp3) is 0.278. The molecule has 0 bridgehead atoms. The number of hydrogen-bond donors (Lipinski definition) is 0. The number of aryl methyl sites for hydroxylation is 1. The van der Waals surface area contributed by atoms with E-state index < -0.39 is 0 Å². The highest BCUT2D eigenvalue weighted by Gasteiger charge is 2.11. The van der Waals surface area contributed by atoms with Crippen LogP contribution in [-0.4, -0.2) is 13.8 Å². The van der Waals surface area contributed by atoms with Crippen molar-refractivity contribution in [2.24, 2.45) is 0 Å². The molecule has 0 spiro atoms. The van der Waals surface area contributed by atoms with E-state index in [4.69, 9.17) is 17.3 Å². The van der Waals surface area contributed by atoms with Crippen LogP contribution in [-0.2, 0) is 17.8 Å².